The second kappa shape index (κ2) is 9.07. The Balaban J connectivity index is 1.55. The fourth-order valence-corrected chi connectivity index (χ4v) is 4.76. The molecule has 3 aromatic rings. The van der Waals surface area contributed by atoms with Crippen LogP contribution in [0.2, 0.25) is 0 Å². The topological polar surface area (TPSA) is 151 Å². The number of fused-ring (bicyclic) bond motifs is 2. The number of rotatable bonds is 6. The predicted octanol–water partition coefficient (Wildman–Crippen LogP) is 2.60. The molecule has 0 aliphatic carbocycles. The second-order valence-corrected chi connectivity index (χ2v) is 9.61. The normalized spacial score (nSPS) is 17.1. The second-order valence-electron chi connectivity index (χ2n) is 9.00. The predicted molar refractivity (Wildman–Crippen MR) is 132 cm³/mol. The number of amides is 2. The van der Waals surface area contributed by atoms with Crippen LogP contribution in [0.15, 0.2) is 24.4 Å². The molecule has 11 nitrogen and oxygen atoms in total. The van der Waals surface area contributed by atoms with Crippen LogP contribution in [0.3, 0.4) is 0 Å². The van der Waals surface area contributed by atoms with E-state index in [1.807, 2.05) is 6.07 Å². The Morgan fingerprint density at radius 1 is 1.37 bits per heavy atom. The van der Waals surface area contributed by atoms with Crippen LogP contribution in [-0.4, -0.2) is 68.5 Å². The lowest BCUT2D eigenvalue weighted by atomic mass is 9.99. The first-order chi connectivity index (χ1) is 18.0. The maximum atomic E-state index is 13.4. The van der Waals surface area contributed by atoms with Gasteiger partial charge in [-0.05, 0) is 30.7 Å². The lowest BCUT2D eigenvalue weighted by Gasteiger charge is -2.35. The molecule has 1 unspecified atom stereocenters. The molecule has 1 aromatic carbocycles. The van der Waals surface area contributed by atoms with E-state index in [2.05, 4.69) is 20.1 Å². The zero-order chi connectivity index (χ0) is 27.4. The van der Waals surface area contributed by atoms with Gasteiger partial charge in [-0.15, -0.1) is 5.10 Å². The van der Waals surface area contributed by atoms with Crippen molar-refractivity contribution in [2.45, 2.75) is 31.2 Å². The summed E-state index contributed by atoms with van der Waals surface area (Å²) in [7, 11) is 0. The number of ether oxygens (including phenoxy) is 1. The van der Waals surface area contributed by atoms with Crippen LogP contribution in [0.1, 0.15) is 33.2 Å². The Morgan fingerprint density at radius 3 is 2.71 bits per heavy atom. The van der Waals surface area contributed by atoms with Crippen LogP contribution in [0, 0.1) is 11.3 Å². The van der Waals surface area contributed by atoms with Crippen molar-refractivity contribution in [1.82, 2.24) is 24.8 Å². The summed E-state index contributed by atoms with van der Waals surface area (Å²) in [6.07, 6.45) is -1.32. The van der Waals surface area contributed by atoms with Crippen LogP contribution < -0.4 is 15.8 Å². The van der Waals surface area contributed by atoms with E-state index >= 15 is 0 Å². The molecule has 198 valence electrons. The summed E-state index contributed by atoms with van der Waals surface area (Å²) >= 11 is 1.19. The van der Waals surface area contributed by atoms with Crippen LogP contribution in [0.25, 0.3) is 16.9 Å². The number of nitrogens with two attached hydrogens (primary N) is 1. The lowest BCUT2D eigenvalue weighted by Crippen LogP contribution is -2.61. The van der Waals surface area contributed by atoms with E-state index in [-0.39, 0.29) is 42.4 Å². The van der Waals surface area contributed by atoms with Crippen molar-refractivity contribution in [2.75, 3.05) is 29.9 Å². The number of carbonyl (C=O) groups is 2. The minimum atomic E-state index is -4.57. The van der Waals surface area contributed by atoms with Crippen molar-refractivity contribution in [3.63, 3.8) is 0 Å². The zero-order valence-electron chi connectivity index (χ0n) is 20.1. The van der Waals surface area contributed by atoms with Gasteiger partial charge in [-0.1, -0.05) is 11.9 Å². The van der Waals surface area contributed by atoms with Gasteiger partial charge in [0.05, 0.1) is 36.2 Å². The van der Waals surface area contributed by atoms with Gasteiger partial charge in [0, 0.05) is 24.6 Å². The van der Waals surface area contributed by atoms with E-state index in [4.69, 9.17) is 10.5 Å². The van der Waals surface area contributed by atoms with Gasteiger partial charge in [0.2, 0.25) is 0 Å². The molecule has 5 rings (SSSR count). The number of nitriles is 1. The summed E-state index contributed by atoms with van der Waals surface area (Å²) in [4.78, 5) is 31.3. The minimum absolute atomic E-state index is 0.0302. The smallest absolute Gasteiger partial charge is 0.381 e. The van der Waals surface area contributed by atoms with Gasteiger partial charge in [-0.25, -0.2) is 9.50 Å². The van der Waals surface area contributed by atoms with Crippen molar-refractivity contribution in [2.24, 2.45) is 0 Å². The first kappa shape index (κ1) is 25.6. The quantitative estimate of drug-likeness (QED) is 0.396. The molecule has 2 aliphatic heterocycles. The Hall–Kier alpha value is -4.03. The number of aromatic nitrogens is 3. The first-order valence-electron chi connectivity index (χ1n) is 11.3. The first-order valence-corrected chi connectivity index (χ1v) is 12.5. The van der Waals surface area contributed by atoms with Gasteiger partial charge in [-0.3, -0.25) is 9.59 Å². The van der Waals surface area contributed by atoms with Gasteiger partial charge in [-0.2, -0.15) is 18.4 Å². The maximum absolute atomic E-state index is 13.4. The van der Waals surface area contributed by atoms with E-state index in [9.17, 15) is 28.0 Å². The van der Waals surface area contributed by atoms with Gasteiger partial charge < -0.3 is 25.4 Å². The average Bonchev–Trinajstić information content (AvgIpc) is 3.35. The van der Waals surface area contributed by atoms with Crippen LogP contribution in [0.5, 0.6) is 0 Å². The largest absolute Gasteiger partial charge is 0.408 e. The zero-order valence-corrected chi connectivity index (χ0v) is 20.9. The molecule has 2 amide bonds. The number of anilines is 2. The number of alkyl halides is 3. The summed E-state index contributed by atoms with van der Waals surface area (Å²) in [5, 5.41) is 16.2. The third kappa shape index (κ3) is 4.15. The average molecular weight is 547 g/mol. The molecule has 0 radical (unpaired) electrons. The maximum Gasteiger partial charge on any atom is 0.408 e. The Morgan fingerprint density at radius 2 is 2.11 bits per heavy atom. The fraction of sp³-hybridized carbons (Fsp3) is 0.348. The molecule has 1 atom stereocenters. The summed E-state index contributed by atoms with van der Waals surface area (Å²) in [5.74, 6) is -1.46. The molecule has 4 N–H and O–H groups in total. The van der Waals surface area contributed by atoms with Gasteiger partial charge in [0.15, 0.2) is 17.0 Å². The third-order valence-corrected chi connectivity index (χ3v) is 6.91. The van der Waals surface area contributed by atoms with Crippen LogP contribution in [-0.2, 0) is 11.3 Å². The molecule has 1 saturated heterocycles. The minimum Gasteiger partial charge on any atom is -0.381 e. The highest BCUT2D eigenvalue weighted by Crippen LogP contribution is 2.38. The number of nitrogens with zero attached hydrogens (tertiary/aromatic N) is 5. The van der Waals surface area contributed by atoms with Crippen molar-refractivity contribution in [3.8, 4) is 17.3 Å². The molecule has 4 heterocycles. The van der Waals surface area contributed by atoms with Gasteiger partial charge >= 0.3 is 6.18 Å². The summed E-state index contributed by atoms with van der Waals surface area (Å²) in [6.45, 7) is 0.802. The van der Waals surface area contributed by atoms with E-state index in [1.165, 1.54) is 22.7 Å². The highest BCUT2D eigenvalue weighted by atomic mass is 32.2. The van der Waals surface area contributed by atoms with Crippen molar-refractivity contribution >= 4 is 40.9 Å². The Bertz CT molecular complexity index is 1510. The Labute approximate surface area is 218 Å². The summed E-state index contributed by atoms with van der Waals surface area (Å²) in [6, 6.07) is 4.89. The van der Waals surface area contributed by atoms with E-state index < -0.39 is 29.6 Å². The lowest BCUT2D eigenvalue weighted by molar-refractivity contribution is -0.172. The molecule has 38 heavy (non-hydrogen) atoms. The number of benzene rings is 1. The Kier molecular flexibility index (Phi) is 6.11. The summed E-state index contributed by atoms with van der Waals surface area (Å²) < 4.78 is 49.5. The number of carbonyl (C=O) groups excluding carboxylic acids is 2. The van der Waals surface area contributed by atoms with E-state index in [0.29, 0.717) is 22.5 Å². The molecule has 15 heteroatoms. The number of nitrogens with one attached hydrogen (secondary N) is 2. The third-order valence-electron chi connectivity index (χ3n) is 6.49. The molecule has 0 saturated carbocycles. The number of nitrogen functional groups attached to an aromatic ring is 1. The standard InChI is InChI=1S/C23H21F3N8O3S/c1-11(23(24,25)26)33-7-13-5-12(6-15(32-38-2)16(13)21(33)36)14-3-4-34-19(29-14)17(18(28)31-34)20(35)30-22(8-27)9-37-10-22/h3-6,11,32H,7,9-10H2,1-2H3,(H2,28,31)(H,30,35). The number of halogens is 3. The van der Waals surface area contributed by atoms with Gasteiger partial charge in [0.25, 0.3) is 11.8 Å². The van der Waals surface area contributed by atoms with E-state index in [0.717, 1.165) is 11.8 Å². The van der Waals surface area contributed by atoms with Crippen molar-refractivity contribution < 1.29 is 27.5 Å². The highest BCUT2D eigenvalue weighted by molar-refractivity contribution is 7.99. The van der Waals surface area contributed by atoms with Crippen molar-refractivity contribution in [1.29, 1.82) is 5.26 Å². The number of hydrogen-bond donors (Lipinski definition) is 3. The molecule has 1 fully saturated rings. The fourth-order valence-electron chi connectivity index (χ4n) is 4.38. The van der Waals surface area contributed by atoms with E-state index in [1.54, 1.807) is 24.5 Å². The SMILES string of the molecule is CSNc1cc(-c2ccn3nc(N)c(C(=O)NC4(C#N)COC4)c3n2)cc2c1C(=O)N(C(C)C(F)(F)F)C2. The molecule has 0 spiro atoms. The van der Waals surface area contributed by atoms with Crippen LogP contribution in [0.4, 0.5) is 24.7 Å². The molecule has 2 aromatic heterocycles. The molecular formula is C23H21F3N8O3S. The van der Waals surface area contributed by atoms with Crippen LogP contribution >= 0.6 is 11.9 Å². The van der Waals surface area contributed by atoms with Crippen molar-refractivity contribution in [3.05, 3.63) is 41.1 Å². The highest BCUT2D eigenvalue weighted by Gasteiger charge is 2.46. The molecular weight excluding hydrogens is 525 g/mol. The van der Waals surface area contributed by atoms with Gasteiger partial charge in [0.1, 0.15) is 11.6 Å². The monoisotopic (exact) mass is 546 g/mol. The summed E-state index contributed by atoms with van der Waals surface area (Å²) in [5.41, 5.74) is 6.72. The molecule has 2 aliphatic rings. The molecule has 0 bridgehead atoms. The number of hydrogen-bond acceptors (Lipinski definition) is 9.